The van der Waals surface area contributed by atoms with E-state index in [0.717, 1.165) is 0 Å². The zero-order valence-corrected chi connectivity index (χ0v) is 4.96. The predicted molar refractivity (Wildman–Crippen MR) is 35.4 cm³/mol. The van der Waals surface area contributed by atoms with Crippen molar-refractivity contribution in [1.82, 2.24) is 0 Å². The van der Waals surface area contributed by atoms with Crippen LogP contribution >= 0.6 is 0 Å². The second-order valence-electron chi connectivity index (χ2n) is 1.81. The topological polar surface area (TPSA) is 43.1 Å². The van der Waals surface area contributed by atoms with Crippen LogP contribution < -0.4 is 0 Å². The van der Waals surface area contributed by atoms with Gasteiger partial charge in [-0.1, -0.05) is 12.1 Å². The molecule has 0 aliphatic rings. The number of hydrogen-bond acceptors (Lipinski definition) is 1. The minimum atomic E-state index is 0.146. The lowest BCUT2D eigenvalue weighted by Crippen LogP contribution is -1.80. The van der Waals surface area contributed by atoms with E-state index in [1.54, 1.807) is 18.2 Å². The van der Waals surface area contributed by atoms with Crippen LogP contribution in [0.1, 0.15) is 5.56 Å². The lowest BCUT2D eigenvalue weighted by molar-refractivity contribution is 0.275. The molecular weight excluding hydrogens is 116 g/mol. The van der Waals surface area contributed by atoms with E-state index in [1.807, 2.05) is 6.07 Å². The van der Waals surface area contributed by atoms with Gasteiger partial charge in [0.25, 0.3) is 0 Å². The molecule has 9 heavy (non-hydrogen) atoms. The van der Waals surface area contributed by atoms with E-state index in [1.165, 1.54) is 0 Å². The summed E-state index contributed by atoms with van der Waals surface area (Å²) in [4.78, 5) is 0. The predicted octanol–water partition coefficient (Wildman–Crippen LogP) is 0.617. The highest BCUT2D eigenvalue weighted by molar-refractivity contribution is 5.30. The van der Waals surface area contributed by atoms with E-state index >= 15 is 0 Å². The molecule has 2 nitrogen and oxygen atoms in total. The van der Waals surface area contributed by atoms with Crippen molar-refractivity contribution in [3.63, 3.8) is 0 Å². The van der Waals surface area contributed by atoms with Crippen LogP contribution in [0.15, 0.2) is 24.3 Å². The van der Waals surface area contributed by atoms with Crippen LogP contribution in [0.25, 0.3) is 0 Å². The second kappa shape index (κ2) is 2.51. The van der Waals surface area contributed by atoms with E-state index < -0.39 is 0 Å². The lowest BCUT2D eigenvalue weighted by Gasteiger charge is -1.94. The van der Waals surface area contributed by atoms with Crippen molar-refractivity contribution >= 4 is 0 Å². The van der Waals surface area contributed by atoms with Gasteiger partial charge in [0.2, 0.25) is 0 Å². The quantitative estimate of drug-likeness (QED) is 0.549. The molecule has 1 rings (SSSR count). The second-order valence-corrected chi connectivity index (χ2v) is 1.81. The molecule has 0 bridgehead atoms. The first-order chi connectivity index (χ1) is 4.34. The van der Waals surface area contributed by atoms with E-state index in [9.17, 15) is 0 Å². The molecule has 48 valence electrons. The van der Waals surface area contributed by atoms with Gasteiger partial charge in [-0.15, -0.1) is 0 Å². The number of phenols is 1. The molecule has 0 spiro atoms. The first kappa shape index (κ1) is 6.11. The van der Waals surface area contributed by atoms with Crippen LogP contribution in [0.2, 0.25) is 0 Å². The van der Waals surface area contributed by atoms with Crippen LogP contribution in [0.3, 0.4) is 0 Å². The average Bonchev–Trinajstić information content (AvgIpc) is 1.89. The fraction of sp³-hybridized carbons (Fsp3) is 0.143. The Morgan fingerprint density at radius 3 is 2.44 bits per heavy atom. The van der Waals surface area contributed by atoms with E-state index in [4.69, 9.17) is 10.2 Å². The summed E-state index contributed by atoms with van der Waals surface area (Å²) in [5.74, 6) is 0.215. The fourth-order valence-electron chi connectivity index (χ4n) is 0.660. The van der Waals surface area contributed by atoms with Gasteiger partial charge in [0.15, 0.2) is 6.61 Å². The Hall–Kier alpha value is -1.02. The Morgan fingerprint density at radius 1 is 1.33 bits per heavy atom. The number of hydrogen-bond donors (Lipinski definition) is 1. The van der Waals surface area contributed by atoms with Crippen molar-refractivity contribution in [2.45, 2.75) is 6.61 Å². The molecule has 0 fully saturated rings. The molecule has 1 aromatic carbocycles. The Bertz CT molecular complexity index is 196. The lowest BCUT2D eigenvalue weighted by atomic mass is 10.2. The van der Waals surface area contributed by atoms with Crippen molar-refractivity contribution in [3.05, 3.63) is 29.8 Å². The first-order valence-electron chi connectivity index (χ1n) is 2.76. The monoisotopic (exact) mass is 125 g/mol. The highest BCUT2D eigenvalue weighted by Gasteiger charge is 1.96. The molecule has 3 N–H and O–H groups in total. The van der Waals surface area contributed by atoms with Crippen LogP contribution in [-0.2, 0) is 6.61 Å². The van der Waals surface area contributed by atoms with Gasteiger partial charge < -0.3 is 10.2 Å². The molecule has 1 aromatic rings. The van der Waals surface area contributed by atoms with Gasteiger partial charge >= 0.3 is 0 Å². The average molecular weight is 125 g/mol. The van der Waals surface area contributed by atoms with Gasteiger partial charge in [0.1, 0.15) is 5.75 Å². The van der Waals surface area contributed by atoms with Gasteiger partial charge in [-0.05, 0) is 12.1 Å². The summed E-state index contributed by atoms with van der Waals surface area (Å²) >= 11 is 0. The Balaban J connectivity index is 3.01. The number of phenolic OH excluding ortho intramolecular Hbond substituents is 1. The number of benzene rings is 1. The van der Waals surface area contributed by atoms with Crippen molar-refractivity contribution in [1.29, 1.82) is 0 Å². The summed E-state index contributed by atoms with van der Waals surface area (Å²) in [6.45, 7) is 0.146. The molecule has 0 heterocycles. The van der Waals surface area contributed by atoms with Crippen molar-refractivity contribution in [2.75, 3.05) is 0 Å². The molecule has 0 unspecified atom stereocenters. The van der Waals surface area contributed by atoms with Gasteiger partial charge in [-0.3, -0.25) is 0 Å². The number of aromatic hydroxyl groups is 1. The maximum Gasteiger partial charge on any atom is 0.173 e. The van der Waals surface area contributed by atoms with Gasteiger partial charge in [0.05, 0.1) is 5.56 Å². The fourth-order valence-corrected chi connectivity index (χ4v) is 0.660. The Kier molecular flexibility index (Phi) is 1.70. The maximum atomic E-state index is 8.99. The van der Waals surface area contributed by atoms with E-state index in [-0.39, 0.29) is 12.4 Å². The Morgan fingerprint density at radius 2 is 2.00 bits per heavy atom. The third kappa shape index (κ3) is 1.21. The molecule has 0 saturated heterocycles. The van der Waals surface area contributed by atoms with Gasteiger partial charge in [-0.2, -0.15) is 0 Å². The SMILES string of the molecule is Oc1ccccc1C[OH2+]. The van der Waals surface area contributed by atoms with Crippen molar-refractivity contribution in [3.8, 4) is 5.75 Å². The normalized spacial score (nSPS) is 9.44. The zero-order valence-electron chi connectivity index (χ0n) is 4.96. The molecule has 0 aromatic heterocycles. The van der Waals surface area contributed by atoms with Crippen LogP contribution in [0.4, 0.5) is 0 Å². The highest BCUT2D eigenvalue weighted by atomic mass is 16.3. The van der Waals surface area contributed by atoms with Crippen LogP contribution in [0, 0.1) is 0 Å². The summed E-state index contributed by atoms with van der Waals surface area (Å²) in [6, 6.07) is 6.88. The zero-order chi connectivity index (χ0) is 6.69. The molecule has 0 saturated carbocycles. The van der Waals surface area contributed by atoms with E-state index in [0.29, 0.717) is 5.56 Å². The third-order valence-corrected chi connectivity index (χ3v) is 1.18. The van der Waals surface area contributed by atoms with Crippen molar-refractivity contribution in [2.24, 2.45) is 0 Å². The van der Waals surface area contributed by atoms with E-state index in [2.05, 4.69) is 0 Å². The standard InChI is InChI=1S/C7H8O2/c8-5-6-3-1-2-4-7(6)9/h1-4,8-9H,5H2/p+1. The largest absolute Gasteiger partial charge is 0.507 e. The molecule has 0 aliphatic carbocycles. The molecular formula is C7H9O2+. The molecule has 0 amide bonds. The summed E-state index contributed by atoms with van der Waals surface area (Å²) in [7, 11) is 0. The smallest absolute Gasteiger partial charge is 0.173 e. The minimum Gasteiger partial charge on any atom is -0.507 e. The molecule has 0 atom stereocenters. The molecule has 0 aliphatic heterocycles. The number of rotatable bonds is 1. The maximum absolute atomic E-state index is 8.99. The summed E-state index contributed by atoms with van der Waals surface area (Å²) in [6.07, 6.45) is 0. The first-order valence-corrected chi connectivity index (χ1v) is 2.76. The van der Waals surface area contributed by atoms with Crippen molar-refractivity contribution < 1.29 is 10.2 Å². The van der Waals surface area contributed by atoms with Crippen LogP contribution in [-0.4, -0.2) is 10.2 Å². The molecule has 2 heteroatoms. The summed E-state index contributed by atoms with van der Waals surface area (Å²) in [5, 5.41) is 15.9. The Labute approximate surface area is 53.4 Å². The summed E-state index contributed by atoms with van der Waals surface area (Å²) < 4.78 is 0. The minimum absolute atomic E-state index is 0.146. The molecule has 0 radical (unpaired) electrons. The number of para-hydroxylation sites is 1. The van der Waals surface area contributed by atoms with Crippen LogP contribution in [0.5, 0.6) is 5.75 Å². The third-order valence-electron chi connectivity index (χ3n) is 1.18. The summed E-state index contributed by atoms with van der Waals surface area (Å²) in [5.41, 5.74) is 0.678. The van der Waals surface area contributed by atoms with Gasteiger partial charge in [0, 0.05) is 0 Å². The van der Waals surface area contributed by atoms with Gasteiger partial charge in [-0.25, -0.2) is 0 Å². The highest BCUT2D eigenvalue weighted by Crippen LogP contribution is 2.14.